The molecule has 0 fully saturated rings. The Balaban J connectivity index is -0.000000223. The molecule has 11 aromatic carbocycles. The molecule has 0 radical (unpaired) electrons. The minimum atomic E-state index is -0.343. The largest absolute Gasteiger partial charge is 0.423 e. The molecule has 0 spiro atoms. The van der Waals surface area contributed by atoms with E-state index in [0.29, 0.717) is 22.6 Å². The Morgan fingerprint density at radius 3 is 0.419 bits per heavy atom. The number of esters is 2. The molecular weight excluding hydrogens is 1280 g/mol. The van der Waals surface area contributed by atoms with E-state index in [1.54, 1.807) is 36.4 Å². The second-order valence-corrected chi connectivity index (χ2v) is 20.3. The summed E-state index contributed by atoms with van der Waals surface area (Å²) in [7, 11) is 0. The second kappa shape index (κ2) is 70.0. The summed E-state index contributed by atoms with van der Waals surface area (Å²) in [5.41, 5.74) is 23.1. The van der Waals surface area contributed by atoms with Gasteiger partial charge in [-0.1, -0.05) is 437 Å². The van der Waals surface area contributed by atoms with Gasteiger partial charge in [0.25, 0.3) is 0 Å². The quantitative estimate of drug-likeness (QED) is 0.107. The summed E-state index contributed by atoms with van der Waals surface area (Å²) < 4.78 is 10.8. The van der Waals surface area contributed by atoms with Gasteiger partial charge in [-0.05, 0) is 160 Å². The smallest absolute Gasteiger partial charge is 0.343 e. The van der Waals surface area contributed by atoms with Crippen LogP contribution in [0, 0.1) is 55.4 Å². The maximum atomic E-state index is 12.2. The van der Waals surface area contributed by atoms with Gasteiger partial charge < -0.3 is 9.47 Å². The molecule has 11 aromatic rings. The van der Waals surface area contributed by atoms with Crippen molar-refractivity contribution in [2.24, 2.45) is 0 Å². The van der Waals surface area contributed by atoms with E-state index in [9.17, 15) is 9.59 Å². The first-order chi connectivity index (χ1) is 49.7. The summed E-state index contributed by atoms with van der Waals surface area (Å²) in [4.78, 5) is 24.3. The zero-order valence-electron chi connectivity index (χ0n) is 69.0. The zero-order valence-corrected chi connectivity index (χ0v) is 69.0. The van der Waals surface area contributed by atoms with Crippen molar-refractivity contribution in [1.82, 2.24) is 0 Å². The van der Waals surface area contributed by atoms with Crippen molar-refractivity contribution in [2.45, 2.75) is 230 Å². The molecule has 11 rings (SSSR count). The van der Waals surface area contributed by atoms with Crippen LogP contribution in [0.15, 0.2) is 267 Å². The third-order valence-electron chi connectivity index (χ3n) is 13.6. The molecule has 574 valence electrons. The van der Waals surface area contributed by atoms with Crippen LogP contribution in [0.5, 0.6) is 11.5 Å². The average Bonchev–Trinajstić information content (AvgIpc) is 0.857. The fourth-order valence-corrected chi connectivity index (χ4v) is 8.47. The Morgan fingerprint density at radius 2 is 0.257 bits per heavy atom. The van der Waals surface area contributed by atoms with Crippen LogP contribution in [0.1, 0.15) is 240 Å². The molecule has 0 aromatic heterocycles. The fraction of sp³-hybridized carbons (Fsp3) is 0.327. The van der Waals surface area contributed by atoms with Crippen LogP contribution in [-0.4, -0.2) is 11.9 Å². The van der Waals surface area contributed by atoms with Gasteiger partial charge >= 0.3 is 11.9 Å². The van der Waals surface area contributed by atoms with Crippen molar-refractivity contribution in [3.63, 3.8) is 0 Å². The average molecular weight is 1420 g/mol. The van der Waals surface area contributed by atoms with Gasteiger partial charge in [-0.3, -0.25) is 0 Å². The molecule has 0 saturated carbocycles. The third kappa shape index (κ3) is 43.3. The number of ether oxygens (including phenoxy) is 2. The maximum absolute atomic E-state index is 12.2. The standard InChI is InChI=1S/2C21H18O2.C20H18.C14H14.11C2H6.3CH4/c1-15-3-7-17(8-4-15)18-9-11-19(12-10-18)21(22)23-20-13-5-16(2)6-14-20;1-15-3-7-17(8-4-15)18-11-13-20(14-12-18)23-21(22)19-9-5-16(2)6-10-19;1-15-3-7-17(8-4-15)19-11-13-20(14-12-19)18-9-5-16(2)6-10-18;1-11-3-7-13(8-4-11)14-9-5-12(2)6-10-14;11*1-2;;;/h2*3-14H,1-2H3;3-14H,1-2H3;3-10H,1-2H3;11*1-2H3;3*1H4. The lowest BCUT2D eigenvalue weighted by molar-refractivity contribution is 0.0725. The number of benzene rings is 11. The van der Waals surface area contributed by atoms with Gasteiger partial charge in [-0.2, -0.15) is 0 Å². The zero-order chi connectivity index (χ0) is 78.4. The summed E-state index contributed by atoms with van der Waals surface area (Å²) in [5.74, 6) is 0.423. The highest BCUT2D eigenvalue weighted by molar-refractivity contribution is 5.92. The van der Waals surface area contributed by atoms with Crippen molar-refractivity contribution in [3.05, 3.63) is 323 Å². The fourth-order valence-electron chi connectivity index (χ4n) is 8.47. The first-order valence-electron chi connectivity index (χ1n) is 38.0. The molecule has 0 N–H and O–H groups in total. The van der Waals surface area contributed by atoms with E-state index in [4.69, 9.17) is 9.47 Å². The Hall–Kier alpha value is -9.64. The molecule has 0 saturated heterocycles. The van der Waals surface area contributed by atoms with Crippen molar-refractivity contribution in [1.29, 1.82) is 0 Å². The number of carbonyl (C=O) groups excluding carboxylic acids is 2. The van der Waals surface area contributed by atoms with E-state index >= 15 is 0 Å². The normalized spacial score (nSPS) is 8.51. The molecule has 0 heterocycles. The lowest BCUT2D eigenvalue weighted by atomic mass is 9.99. The van der Waals surface area contributed by atoms with Crippen molar-refractivity contribution in [2.75, 3.05) is 0 Å². The lowest BCUT2D eigenvalue weighted by Gasteiger charge is -2.07. The number of hydrogen-bond donors (Lipinski definition) is 0. The maximum Gasteiger partial charge on any atom is 0.343 e. The van der Waals surface area contributed by atoms with Crippen molar-refractivity contribution in [3.8, 4) is 67.1 Å². The summed E-state index contributed by atoms with van der Waals surface area (Å²) in [6.45, 7) is 60.6. The third-order valence-corrected chi connectivity index (χ3v) is 13.6. The van der Waals surface area contributed by atoms with Crippen LogP contribution in [0.2, 0.25) is 0 Å². The van der Waals surface area contributed by atoms with Crippen molar-refractivity contribution >= 4 is 11.9 Å². The van der Waals surface area contributed by atoms with Crippen LogP contribution in [0.25, 0.3) is 55.6 Å². The first kappa shape index (κ1) is 109. The number of hydrogen-bond acceptors (Lipinski definition) is 4. The summed E-state index contributed by atoms with van der Waals surface area (Å²) >= 11 is 0. The molecule has 4 heteroatoms. The molecule has 0 aliphatic carbocycles. The van der Waals surface area contributed by atoms with E-state index in [1.165, 1.54) is 66.8 Å². The van der Waals surface area contributed by atoms with Gasteiger partial charge in [0.2, 0.25) is 0 Å². The Morgan fingerprint density at radius 1 is 0.162 bits per heavy atom. The highest BCUT2D eigenvalue weighted by Crippen LogP contribution is 2.28. The Labute approximate surface area is 646 Å². The topological polar surface area (TPSA) is 52.6 Å². The lowest BCUT2D eigenvalue weighted by Crippen LogP contribution is -2.08. The highest BCUT2D eigenvalue weighted by Gasteiger charge is 2.11. The van der Waals surface area contributed by atoms with Gasteiger partial charge in [0, 0.05) is 0 Å². The van der Waals surface area contributed by atoms with Crippen LogP contribution >= 0.6 is 0 Å². The van der Waals surface area contributed by atoms with Gasteiger partial charge in [-0.15, -0.1) is 0 Å². The molecule has 0 atom stereocenters. The van der Waals surface area contributed by atoms with E-state index in [-0.39, 0.29) is 34.2 Å². The minimum absolute atomic E-state index is 0. The molecule has 0 bridgehead atoms. The molecular formula is C101H146O4. The second-order valence-electron chi connectivity index (χ2n) is 20.3. The van der Waals surface area contributed by atoms with Crippen LogP contribution in [0.4, 0.5) is 0 Å². The predicted octanol–water partition coefficient (Wildman–Crippen LogP) is 33.2. The monoisotopic (exact) mass is 1420 g/mol. The van der Waals surface area contributed by atoms with Gasteiger partial charge in [0.05, 0.1) is 11.1 Å². The van der Waals surface area contributed by atoms with Crippen LogP contribution < -0.4 is 9.47 Å². The molecule has 4 nitrogen and oxygen atoms in total. The van der Waals surface area contributed by atoms with Crippen molar-refractivity contribution < 1.29 is 19.1 Å². The first-order valence-corrected chi connectivity index (χ1v) is 38.0. The van der Waals surface area contributed by atoms with E-state index in [0.717, 1.165) is 33.4 Å². The molecule has 105 heavy (non-hydrogen) atoms. The molecule has 0 aliphatic heterocycles. The van der Waals surface area contributed by atoms with Crippen LogP contribution in [-0.2, 0) is 0 Å². The number of rotatable bonds is 9. The van der Waals surface area contributed by atoms with Gasteiger partial charge in [-0.25, -0.2) is 9.59 Å². The summed E-state index contributed by atoms with van der Waals surface area (Å²) in [6, 6.07) is 89.8. The van der Waals surface area contributed by atoms with Gasteiger partial charge in [0.15, 0.2) is 0 Å². The predicted molar refractivity (Wildman–Crippen MR) is 479 cm³/mol. The molecule has 0 unspecified atom stereocenters. The summed E-state index contributed by atoms with van der Waals surface area (Å²) in [6.07, 6.45) is 0. The SMILES string of the molecule is C.C.C.CC.CC.CC.CC.CC.CC.CC.CC.CC.CC.CC.Cc1ccc(-c2ccc(-c3ccc(C)cc3)cc2)cc1.Cc1ccc(-c2ccc(C)cc2)cc1.Cc1ccc(C(=O)Oc2ccc(-c3ccc(C)cc3)cc2)cc1.Cc1ccc(OC(=O)c2ccc(-c3ccc(C)cc3)cc2)cc1. The molecule has 0 amide bonds. The Bertz CT molecular complexity index is 3590. The van der Waals surface area contributed by atoms with Gasteiger partial charge in [0.1, 0.15) is 11.5 Å². The number of aryl methyl sites for hydroxylation is 8. The van der Waals surface area contributed by atoms with E-state index in [2.05, 4.69) is 211 Å². The Kier molecular flexibility index (Phi) is 72.5. The molecule has 0 aliphatic rings. The van der Waals surface area contributed by atoms with E-state index < -0.39 is 0 Å². The minimum Gasteiger partial charge on any atom is -0.423 e. The summed E-state index contributed by atoms with van der Waals surface area (Å²) in [5, 5.41) is 0. The van der Waals surface area contributed by atoms with Crippen LogP contribution in [0.3, 0.4) is 0 Å². The van der Waals surface area contributed by atoms with E-state index in [1.807, 2.05) is 227 Å². The highest BCUT2D eigenvalue weighted by atomic mass is 16.5. The number of carbonyl (C=O) groups is 2.